The number of hydrogen-bond donors (Lipinski definition) is 0. The molecule has 108 valence electrons. The number of nitrogens with zero attached hydrogens (tertiary/aromatic N) is 2. The van der Waals surface area contributed by atoms with Crippen LogP contribution in [0.25, 0.3) is 0 Å². The van der Waals surface area contributed by atoms with Crippen molar-refractivity contribution in [1.29, 1.82) is 0 Å². The summed E-state index contributed by atoms with van der Waals surface area (Å²) in [7, 11) is 0. The predicted molar refractivity (Wildman–Crippen MR) is 78.7 cm³/mol. The minimum atomic E-state index is -0.268. The third-order valence-electron chi connectivity index (χ3n) is 3.74. The molecule has 0 N–H and O–H groups in total. The van der Waals surface area contributed by atoms with Gasteiger partial charge in [-0.15, -0.1) is 0 Å². The van der Waals surface area contributed by atoms with Crippen LogP contribution in [0.5, 0.6) is 0 Å². The normalized spacial score (nSPS) is 18.0. The number of pyridine rings is 1. The number of amides is 1. The Balaban J connectivity index is 1.87. The Morgan fingerprint density at radius 2 is 2.05 bits per heavy atom. The van der Waals surface area contributed by atoms with Crippen LogP contribution in [-0.4, -0.2) is 22.3 Å². The molecule has 1 fully saturated rings. The monoisotopic (exact) mass is 304 g/mol. The van der Waals surface area contributed by atoms with E-state index in [9.17, 15) is 9.18 Å². The highest BCUT2D eigenvalue weighted by Crippen LogP contribution is 2.33. The first kappa shape index (κ1) is 14.0. The first-order valence-corrected chi connectivity index (χ1v) is 7.21. The van der Waals surface area contributed by atoms with Gasteiger partial charge < -0.3 is 4.90 Å². The van der Waals surface area contributed by atoms with E-state index in [-0.39, 0.29) is 17.8 Å². The van der Waals surface area contributed by atoms with Gasteiger partial charge in [-0.25, -0.2) is 9.37 Å². The van der Waals surface area contributed by atoms with Gasteiger partial charge in [-0.2, -0.15) is 0 Å². The maximum absolute atomic E-state index is 13.0. The van der Waals surface area contributed by atoms with E-state index in [0.717, 1.165) is 18.4 Å². The van der Waals surface area contributed by atoms with Gasteiger partial charge >= 0.3 is 0 Å². The van der Waals surface area contributed by atoms with Gasteiger partial charge in [-0.3, -0.25) is 4.79 Å². The molecule has 0 saturated carbocycles. The van der Waals surface area contributed by atoms with Crippen molar-refractivity contribution in [3.63, 3.8) is 0 Å². The first-order valence-electron chi connectivity index (χ1n) is 6.83. The molecule has 5 heteroatoms. The van der Waals surface area contributed by atoms with Crippen molar-refractivity contribution in [3.8, 4) is 0 Å². The van der Waals surface area contributed by atoms with Crippen LogP contribution in [0.1, 0.15) is 34.8 Å². The number of halogens is 2. The van der Waals surface area contributed by atoms with E-state index in [1.54, 1.807) is 24.3 Å². The average molecular weight is 305 g/mol. The lowest BCUT2D eigenvalue weighted by molar-refractivity contribution is 0.0735. The second-order valence-electron chi connectivity index (χ2n) is 5.08. The van der Waals surface area contributed by atoms with Crippen molar-refractivity contribution in [1.82, 2.24) is 9.88 Å². The average Bonchev–Trinajstić information content (AvgIpc) is 2.96. The highest BCUT2D eigenvalue weighted by atomic mass is 35.5. The Kier molecular flexibility index (Phi) is 3.88. The van der Waals surface area contributed by atoms with Crippen LogP contribution in [0, 0.1) is 5.82 Å². The second kappa shape index (κ2) is 5.82. The van der Waals surface area contributed by atoms with E-state index in [0.29, 0.717) is 17.3 Å². The number of rotatable bonds is 2. The van der Waals surface area contributed by atoms with Crippen LogP contribution in [0.15, 0.2) is 42.6 Å². The molecule has 1 aliphatic rings. The van der Waals surface area contributed by atoms with Crippen molar-refractivity contribution in [2.75, 3.05) is 6.54 Å². The van der Waals surface area contributed by atoms with Crippen molar-refractivity contribution in [2.45, 2.75) is 18.9 Å². The number of benzene rings is 1. The number of hydrogen-bond acceptors (Lipinski definition) is 2. The molecule has 3 rings (SSSR count). The summed E-state index contributed by atoms with van der Waals surface area (Å²) in [5.74, 6) is -0.332. The van der Waals surface area contributed by atoms with Gasteiger partial charge in [0, 0.05) is 18.3 Å². The number of carbonyl (C=O) groups is 1. The second-order valence-corrected chi connectivity index (χ2v) is 5.46. The standard InChI is InChI=1S/C16H14ClFN2O/c17-15-10-12(7-8-19-15)16(21)20-9-1-2-14(20)11-3-5-13(18)6-4-11/h3-8,10,14H,1-2,9H2. The molecule has 0 bridgehead atoms. The Hall–Kier alpha value is -1.94. The lowest BCUT2D eigenvalue weighted by atomic mass is 10.0. The molecule has 1 atom stereocenters. The predicted octanol–water partition coefficient (Wildman–Crippen LogP) is 3.85. The van der Waals surface area contributed by atoms with E-state index < -0.39 is 0 Å². The van der Waals surface area contributed by atoms with Gasteiger partial charge in [0.1, 0.15) is 11.0 Å². The number of likely N-dealkylation sites (tertiary alicyclic amines) is 1. The molecule has 2 aromatic rings. The fourth-order valence-corrected chi connectivity index (χ4v) is 2.92. The summed E-state index contributed by atoms with van der Waals surface area (Å²) in [4.78, 5) is 18.3. The Morgan fingerprint density at radius 1 is 1.29 bits per heavy atom. The molecular weight excluding hydrogens is 291 g/mol. The van der Waals surface area contributed by atoms with Crippen molar-refractivity contribution in [3.05, 3.63) is 64.7 Å². The van der Waals surface area contributed by atoms with Crippen LogP contribution in [0.4, 0.5) is 4.39 Å². The Morgan fingerprint density at radius 3 is 2.76 bits per heavy atom. The van der Waals surface area contributed by atoms with Gasteiger partial charge in [-0.05, 0) is 42.7 Å². The fraction of sp³-hybridized carbons (Fsp3) is 0.250. The van der Waals surface area contributed by atoms with Crippen LogP contribution >= 0.6 is 11.6 Å². The molecule has 1 unspecified atom stereocenters. The van der Waals surface area contributed by atoms with Crippen LogP contribution in [0.3, 0.4) is 0 Å². The topological polar surface area (TPSA) is 33.2 Å². The van der Waals surface area contributed by atoms with Crippen LogP contribution in [0.2, 0.25) is 5.15 Å². The molecule has 1 aromatic heterocycles. The number of carbonyl (C=O) groups excluding carboxylic acids is 1. The lowest BCUT2D eigenvalue weighted by Gasteiger charge is -2.25. The molecule has 2 heterocycles. The summed E-state index contributed by atoms with van der Waals surface area (Å²) in [6.45, 7) is 0.695. The van der Waals surface area contributed by atoms with Crippen molar-refractivity contribution >= 4 is 17.5 Å². The highest BCUT2D eigenvalue weighted by molar-refractivity contribution is 6.29. The summed E-state index contributed by atoms with van der Waals surface area (Å²) in [6.07, 6.45) is 3.35. The molecule has 1 aromatic carbocycles. The lowest BCUT2D eigenvalue weighted by Crippen LogP contribution is -2.30. The van der Waals surface area contributed by atoms with Crippen LogP contribution < -0.4 is 0 Å². The molecule has 0 radical (unpaired) electrons. The van der Waals surface area contributed by atoms with E-state index in [1.807, 2.05) is 4.90 Å². The summed E-state index contributed by atoms with van der Waals surface area (Å²) >= 11 is 5.84. The van der Waals surface area contributed by atoms with Gasteiger partial charge in [0.05, 0.1) is 6.04 Å². The molecule has 21 heavy (non-hydrogen) atoms. The van der Waals surface area contributed by atoms with Gasteiger partial charge in [-0.1, -0.05) is 23.7 Å². The third kappa shape index (κ3) is 2.90. The quantitative estimate of drug-likeness (QED) is 0.790. The maximum atomic E-state index is 13.0. The largest absolute Gasteiger partial charge is 0.332 e. The van der Waals surface area contributed by atoms with Gasteiger partial charge in [0.25, 0.3) is 5.91 Å². The Labute approximate surface area is 127 Å². The molecule has 1 amide bonds. The molecular formula is C16H14ClFN2O. The van der Waals surface area contributed by atoms with E-state index in [4.69, 9.17) is 11.6 Å². The minimum Gasteiger partial charge on any atom is -0.332 e. The summed E-state index contributed by atoms with van der Waals surface area (Å²) in [6, 6.07) is 9.57. The van der Waals surface area contributed by atoms with E-state index in [1.165, 1.54) is 18.3 Å². The number of aromatic nitrogens is 1. The van der Waals surface area contributed by atoms with E-state index >= 15 is 0 Å². The molecule has 0 aliphatic carbocycles. The minimum absolute atomic E-state index is 0.00922. The zero-order valence-electron chi connectivity index (χ0n) is 11.3. The third-order valence-corrected chi connectivity index (χ3v) is 3.95. The molecule has 1 saturated heterocycles. The molecule has 1 aliphatic heterocycles. The Bertz CT molecular complexity index is 660. The first-order chi connectivity index (χ1) is 10.1. The van der Waals surface area contributed by atoms with Crippen molar-refractivity contribution < 1.29 is 9.18 Å². The van der Waals surface area contributed by atoms with Gasteiger partial charge in [0.15, 0.2) is 0 Å². The highest BCUT2D eigenvalue weighted by Gasteiger charge is 2.30. The van der Waals surface area contributed by atoms with Crippen molar-refractivity contribution in [2.24, 2.45) is 0 Å². The summed E-state index contributed by atoms with van der Waals surface area (Å²) in [5.41, 5.74) is 1.49. The fourth-order valence-electron chi connectivity index (χ4n) is 2.74. The molecule has 0 spiro atoms. The zero-order chi connectivity index (χ0) is 14.8. The summed E-state index contributed by atoms with van der Waals surface area (Å²) < 4.78 is 13.0. The summed E-state index contributed by atoms with van der Waals surface area (Å²) in [5, 5.41) is 0.304. The van der Waals surface area contributed by atoms with Gasteiger partial charge in [0.2, 0.25) is 0 Å². The van der Waals surface area contributed by atoms with Crippen LogP contribution in [-0.2, 0) is 0 Å². The van der Waals surface area contributed by atoms with E-state index in [2.05, 4.69) is 4.98 Å². The SMILES string of the molecule is O=C(c1ccnc(Cl)c1)N1CCCC1c1ccc(F)cc1. The maximum Gasteiger partial charge on any atom is 0.254 e. The molecule has 3 nitrogen and oxygen atoms in total. The zero-order valence-corrected chi connectivity index (χ0v) is 12.1. The smallest absolute Gasteiger partial charge is 0.254 e.